The van der Waals surface area contributed by atoms with Gasteiger partial charge in [-0.05, 0) is 43.4 Å². The number of rotatable bonds is 6. The molecular weight excluding hydrogens is 245 g/mol. The summed E-state index contributed by atoms with van der Waals surface area (Å²) in [5.41, 5.74) is 6.27. The Morgan fingerprint density at radius 2 is 1.94 bits per heavy atom. The minimum Gasteiger partial charge on any atom is -0.399 e. The van der Waals surface area contributed by atoms with Gasteiger partial charge in [0.15, 0.2) is 0 Å². The Bertz CT molecular complexity index is 376. The van der Waals surface area contributed by atoms with Gasteiger partial charge in [-0.1, -0.05) is 6.07 Å². The molecule has 1 aromatic carbocycles. The van der Waals surface area contributed by atoms with E-state index in [9.17, 15) is 4.57 Å². The molecule has 6 heteroatoms. The fraction of sp³-hybridized carbons (Fsp3) is 0.400. The van der Waals surface area contributed by atoms with Crippen LogP contribution in [0.4, 0.5) is 5.69 Å². The number of anilines is 1. The van der Waals surface area contributed by atoms with E-state index in [1.807, 2.05) is 6.07 Å². The normalized spacial score (nSPS) is 11.6. The molecule has 0 unspecified atom stereocenters. The quantitative estimate of drug-likeness (QED) is 0.626. The largest absolute Gasteiger partial charge is 0.399 e. The van der Waals surface area contributed by atoms with Gasteiger partial charge >= 0.3 is 6.80 Å². The Labute approximate surface area is 99.8 Å². The van der Waals surface area contributed by atoms with Crippen LogP contribution >= 0.6 is 18.2 Å². The monoisotopic (exact) mass is 261 g/mol. The number of hydrogen-bond acceptors (Lipinski definition) is 5. The Kier molecular flexibility index (Phi) is 5.35. The molecule has 4 nitrogen and oxygen atoms in total. The van der Waals surface area contributed by atoms with Crippen LogP contribution in [0.15, 0.2) is 29.2 Å². The minimum absolute atomic E-state index is 0.354. The number of benzene rings is 1. The van der Waals surface area contributed by atoms with Gasteiger partial charge in [0.2, 0.25) is 0 Å². The zero-order valence-electron chi connectivity index (χ0n) is 9.38. The van der Waals surface area contributed by atoms with Gasteiger partial charge in [-0.25, -0.2) is 4.57 Å². The predicted molar refractivity (Wildman–Crippen MR) is 67.6 cm³/mol. The van der Waals surface area contributed by atoms with E-state index in [-0.39, 0.29) is 0 Å². The summed E-state index contributed by atoms with van der Waals surface area (Å²) in [5.74, 6) is 0. The molecule has 2 N–H and O–H groups in total. The molecule has 0 fully saturated rings. The highest BCUT2D eigenvalue weighted by Crippen LogP contribution is 2.63. The fourth-order valence-electron chi connectivity index (χ4n) is 1.11. The third-order valence-corrected chi connectivity index (χ3v) is 5.42. The van der Waals surface area contributed by atoms with E-state index in [2.05, 4.69) is 0 Å². The van der Waals surface area contributed by atoms with Crippen molar-refractivity contribution in [1.29, 1.82) is 0 Å². The van der Waals surface area contributed by atoms with Crippen LogP contribution in [-0.2, 0) is 13.6 Å². The molecule has 0 atom stereocenters. The van der Waals surface area contributed by atoms with Crippen molar-refractivity contribution in [2.75, 3.05) is 18.9 Å². The third kappa shape index (κ3) is 4.18. The average Bonchev–Trinajstić information content (AvgIpc) is 2.17. The second-order valence-corrected chi connectivity index (χ2v) is 6.90. The summed E-state index contributed by atoms with van der Waals surface area (Å²) < 4.78 is 22.5. The first kappa shape index (κ1) is 13.6. The van der Waals surface area contributed by atoms with E-state index in [1.165, 1.54) is 0 Å². The van der Waals surface area contributed by atoms with Crippen molar-refractivity contribution in [1.82, 2.24) is 0 Å². The summed E-state index contributed by atoms with van der Waals surface area (Å²) in [7, 11) is 0. The molecule has 0 heterocycles. The van der Waals surface area contributed by atoms with Crippen LogP contribution in [0.25, 0.3) is 0 Å². The topological polar surface area (TPSA) is 61.5 Å². The molecule has 0 aromatic heterocycles. The highest BCUT2D eigenvalue weighted by molar-refractivity contribution is 8.55. The van der Waals surface area contributed by atoms with Gasteiger partial charge in [0, 0.05) is 10.6 Å². The van der Waals surface area contributed by atoms with Crippen molar-refractivity contribution in [3.8, 4) is 0 Å². The van der Waals surface area contributed by atoms with E-state index < -0.39 is 6.80 Å². The SMILES string of the molecule is CCOP(=O)(OCC)Sc1cccc(N)c1. The van der Waals surface area contributed by atoms with Crippen molar-refractivity contribution in [3.05, 3.63) is 24.3 Å². The molecule has 0 aliphatic rings. The smallest absolute Gasteiger partial charge is 0.393 e. The third-order valence-electron chi connectivity index (χ3n) is 1.65. The van der Waals surface area contributed by atoms with Gasteiger partial charge in [0.05, 0.1) is 13.2 Å². The Morgan fingerprint density at radius 1 is 1.31 bits per heavy atom. The van der Waals surface area contributed by atoms with Crippen molar-refractivity contribution in [3.63, 3.8) is 0 Å². The van der Waals surface area contributed by atoms with E-state index in [0.29, 0.717) is 18.9 Å². The van der Waals surface area contributed by atoms with Gasteiger partial charge in [-0.2, -0.15) is 0 Å². The average molecular weight is 261 g/mol. The highest BCUT2D eigenvalue weighted by Gasteiger charge is 2.25. The molecule has 1 rings (SSSR count). The van der Waals surface area contributed by atoms with Gasteiger partial charge in [0.1, 0.15) is 0 Å². The maximum absolute atomic E-state index is 12.2. The second kappa shape index (κ2) is 6.30. The second-order valence-electron chi connectivity index (χ2n) is 2.95. The first-order valence-corrected chi connectivity index (χ1v) is 8.00. The minimum atomic E-state index is -3.10. The molecule has 1 aromatic rings. The summed E-state index contributed by atoms with van der Waals surface area (Å²) in [4.78, 5) is 0.783. The van der Waals surface area contributed by atoms with Crippen LogP contribution in [0, 0.1) is 0 Å². The lowest BCUT2D eigenvalue weighted by Crippen LogP contribution is -1.92. The summed E-state index contributed by atoms with van der Waals surface area (Å²) in [6, 6.07) is 7.15. The van der Waals surface area contributed by atoms with Gasteiger partial charge in [-0.15, -0.1) is 0 Å². The molecule has 0 spiro atoms. The van der Waals surface area contributed by atoms with E-state index in [1.54, 1.807) is 32.0 Å². The molecule has 0 saturated heterocycles. The van der Waals surface area contributed by atoms with Gasteiger partial charge in [0.25, 0.3) is 0 Å². The molecule has 0 bridgehead atoms. The van der Waals surface area contributed by atoms with Crippen LogP contribution in [0.1, 0.15) is 13.8 Å². The van der Waals surface area contributed by atoms with Crippen LogP contribution < -0.4 is 5.73 Å². The van der Waals surface area contributed by atoms with Gasteiger partial charge < -0.3 is 14.8 Å². The van der Waals surface area contributed by atoms with Gasteiger partial charge in [-0.3, -0.25) is 0 Å². The molecule has 0 amide bonds. The maximum Gasteiger partial charge on any atom is 0.393 e. The van der Waals surface area contributed by atoms with Crippen molar-refractivity contribution in [2.24, 2.45) is 0 Å². The summed E-state index contributed by atoms with van der Waals surface area (Å²) >= 11 is 1.09. The first-order valence-electron chi connectivity index (χ1n) is 5.04. The van der Waals surface area contributed by atoms with E-state index in [0.717, 1.165) is 16.3 Å². The number of nitrogens with two attached hydrogens (primary N) is 1. The fourth-order valence-corrected chi connectivity index (χ4v) is 4.57. The standard InChI is InChI=1S/C10H16NO3PS/c1-3-13-15(12,14-4-2)16-10-7-5-6-9(11)8-10/h5-8H,3-4,11H2,1-2H3. The summed E-state index contributed by atoms with van der Waals surface area (Å²) in [6.45, 7) is 1.17. The first-order chi connectivity index (χ1) is 7.59. The molecular formula is C10H16NO3PS. The van der Waals surface area contributed by atoms with Crippen LogP contribution in [-0.4, -0.2) is 13.2 Å². The summed E-state index contributed by atoms with van der Waals surface area (Å²) in [6.07, 6.45) is 0. The van der Waals surface area contributed by atoms with E-state index >= 15 is 0 Å². The van der Waals surface area contributed by atoms with Crippen molar-refractivity contribution >= 4 is 23.9 Å². The lowest BCUT2D eigenvalue weighted by Gasteiger charge is -2.15. The molecule has 16 heavy (non-hydrogen) atoms. The Morgan fingerprint density at radius 3 is 2.44 bits per heavy atom. The Balaban J connectivity index is 2.79. The molecule has 0 radical (unpaired) electrons. The van der Waals surface area contributed by atoms with Crippen LogP contribution in [0.5, 0.6) is 0 Å². The van der Waals surface area contributed by atoms with Crippen LogP contribution in [0.2, 0.25) is 0 Å². The molecule has 90 valence electrons. The lowest BCUT2D eigenvalue weighted by atomic mass is 10.3. The highest BCUT2D eigenvalue weighted by atomic mass is 32.7. The van der Waals surface area contributed by atoms with Crippen LogP contribution in [0.3, 0.4) is 0 Å². The lowest BCUT2D eigenvalue weighted by molar-refractivity contribution is 0.237. The molecule has 0 aliphatic carbocycles. The predicted octanol–water partition coefficient (Wildman–Crippen LogP) is 3.54. The zero-order valence-corrected chi connectivity index (χ0v) is 11.1. The van der Waals surface area contributed by atoms with Crippen molar-refractivity contribution in [2.45, 2.75) is 18.7 Å². The van der Waals surface area contributed by atoms with Crippen molar-refractivity contribution < 1.29 is 13.6 Å². The number of hydrogen-bond donors (Lipinski definition) is 1. The molecule has 0 saturated carbocycles. The number of nitrogen functional groups attached to an aromatic ring is 1. The Hall–Kier alpha value is -0.480. The maximum atomic E-state index is 12.2. The zero-order chi connectivity index (χ0) is 12.0. The summed E-state index contributed by atoms with van der Waals surface area (Å²) in [5, 5.41) is 0. The van der Waals surface area contributed by atoms with E-state index in [4.69, 9.17) is 14.8 Å². The molecule has 0 aliphatic heterocycles.